The van der Waals surface area contributed by atoms with Gasteiger partial charge in [-0.05, 0) is 36.3 Å². The summed E-state index contributed by atoms with van der Waals surface area (Å²) in [4.78, 5) is 4.06. The van der Waals surface area contributed by atoms with Crippen molar-refractivity contribution in [3.05, 3.63) is 65.2 Å². The van der Waals surface area contributed by atoms with Gasteiger partial charge in [-0.1, -0.05) is 37.3 Å². The van der Waals surface area contributed by atoms with E-state index in [0.29, 0.717) is 4.77 Å². The van der Waals surface area contributed by atoms with E-state index in [1.165, 1.54) is 5.56 Å². The molecule has 5 heteroatoms. The van der Waals surface area contributed by atoms with Crippen LogP contribution in [0, 0.1) is 4.77 Å². The van der Waals surface area contributed by atoms with E-state index in [0.717, 1.165) is 17.8 Å². The molecule has 0 bridgehead atoms. The second-order valence-electron chi connectivity index (χ2n) is 4.79. The van der Waals surface area contributed by atoms with Crippen molar-refractivity contribution in [2.24, 2.45) is 0 Å². The minimum Gasteiger partial charge on any atom is -0.293 e. The average Bonchev–Trinajstić information content (AvgIpc) is 2.92. The molecule has 0 spiro atoms. The Morgan fingerprint density at radius 3 is 2.52 bits per heavy atom. The van der Waals surface area contributed by atoms with Crippen LogP contribution in [0.5, 0.6) is 0 Å². The average molecular weight is 296 g/mol. The van der Waals surface area contributed by atoms with Crippen LogP contribution in [0.25, 0.3) is 11.4 Å². The van der Waals surface area contributed by atoms with Gasteiger partial charge >= 0.3 is 0 Å². The number of aromatic amines is 1. The SMILES string of the molecule is CCC(c1ccccc1)n1c(-c2ccncc2)n[nH]c1=S. The van der Waals surface area contributed by atoms with E-state index in [-0.39, 0.29) is 6.04 Å². The van der Waals surface area contributed by atoms with Crippen LogP contribution in [0.3, 0.4) is 0 Å². The number of H-pyrrole nitrogens is 1. The van der Waals surface area contributed by atoms with Gasteiger partial charge in [-0.2, -0.15) is 5.10 Å². The first-order chi connectivity index (χ1) is 10.3. The first-order valence-corrected chi connectivity index (χ1v) is 7.34. The molecule has 0 amide bonds. The first-order valence-electron chi connectivity index (χ1n) is 6.93. The lowest BCUT2D eigenvalue weighted by atomic mass is 10.0. The number of pyridine rings is 1. The van der Waals surface area contributed by atoms with E-state index in [2.05, 4.69) is 38.8 Å². The molecule has 0 radical (unpaired) electrons. The van der Waals surface area contributed by atoms with Crippen molar-refractivity contribution < 1.29 is 0 Å². The van der Waals surface area contributed by atoms with Gasteiger partial charge in [0, 0.05) is 18.0 Å². The molecule has 1 aromatic carbocycles. The van der Waals surface area contributed by atoms with Gasteiger partial charge in [-0.25, -0.2) is 0 Å². The van der Waals surface area contributed by atoms with Gasteiger partial charge in [0.2, 0.25) is 0 Å². The minimum absolute atomic E-state index is 0.167. The monoisotopic (exact) mass is 296 g/mol. The Labute approximate surface area is 128 Å². The van der Waals surface area contributed by atoms with E-state index in [9.17, 15) is 0 Å². The standard InChI is InChI=1S/C16H16N4S/c1-2-14(12-6-4-3-5-7-12)20-15(18-19-16(20)21)13-8-10-17-11-9-13/h3-11,14H,2H2,1H3,(H,19,21). The summed E-state index contributed by atoms with van der Waals surface area (Å²) in [5.41, 5.74) is 2.24. The molecule has 1 unspecified atom stereocenters. The predicted molar refractivity (Wildman–Crippen MR) is 85.5 cm³/mol. The molecule has 2 heterocycles. The zero-order valence-corrected chi connectivity index (χ0v) is 12.5. The van der Waals surface area contributed by atoms with Crippen molar-refractivity contribution in [2.75, 3.05) is 0 Å². The lowest BCUT2D eigenvalue weighted by molar-refractivity contribution is 0.564. The molecule has 0 fully saturated rings. The van der Waals surface area contributed by atoms with Gasteiger partial charge in [-0.3, -0.25) is 14.6 Å². The quantitative estimate of drug-likeness (QED) is 0.740. The lowest BCUT2D eigenvalue weighted by Gasteiger charge is -2.19. The fourth-order valence-corrected chi connectivity index (χ4v) is 2.80. The van der Waals surface area contributed by atoms with Crippen molar-refractivity contribution in [1.29, 1.82) is 0 Å². The third kappa shape index (κ3) is 2.64. The Balaban J connectivity index is 2.14. The van der Waals surface area contributed by atoms with E-state index in [1.807, 2.05) is 30.3 Å². The largest absolute Gasteiger partial charge is 0.293 e. The molecular weight excluding hydrogens is 280 g/mol. The minimum atomic E-state index is 0.167. The van der Waals surface area contributed by atoms with Crippen LogP contribution in [0.4, 0.5) is 0 Å². The van der Waals surface area contributed by atoms with Gasteiger partial charge in [0.1, 0.15) is 0 Å². The summed E-state index contributed by atoms with van der Waals surface area (Å²) >= 11 is 5.44. The number of aromatic nitrogens is 4. The van der Waals surface area contributed by atoms with Gasteiger partial charge in [0.25, 0.3) is 0 Å². The number of nitrogens with one attached hydrogen (secondary N) is 1. The number of nitrogens with zero attached hydrogens (tertiary/aromatic N) is 3. The fraction of sp³-hybridized carbons (Fsp3) is 0.188. The molecule has 4 nitrogen and oxygen atoms in total. The smallest absolute Gasteiger partial charge is 0.196 e. The Hall–Kier alpha value is -2.27. The van der Waals surface area contributed by atoms with Crippen LogP contribution in [-0.4, -0.2) is 19.7 Å². The van der Waals surface area contributed by atoms with Crippen molar-refractivity contribution in [3.8, 4) is 11.4 Å². The summed E-state index contributed by atoms with van der Waals surface area (Å²) in [6.45, 7) is 2.16. The zero-order chi connectivity index (χ0) is 14.7. The molecule has 1 N–H and O–H groups in total. The van der Waals surface area contributed by atoms with Crippen molar-refractivity contribution in [1.82, 2.24) is 19.7 Å². The highest BCUT2D eigenvalue weighted by Crippen LogP contribution is 2.27. The molecule has 1 atom stereocenters. The van der Waals surface area contributed by atoms with Gasteiger partial charge in [0.05, 0.1) is 6.04 Å². The Bertz CT molecular complexity index is 762. The van der Waals surface area contributed by atoms with Crippen LogP contribution in [-0.2, 0) is 0 Å². The maximum atomic E-state index is 5.44. The van der Waals surface area contributed by atoms with E-state index in [4.69, 9.17) is 12.2 Å². The van der Waals surface area contributed by atoms with Crippen LogP contribution in [0.2, 0.25) is 0 Å². The molecule has 21 heavy (non-hydrogen) atoms. The molecule has 106 valence electrons. The summed E-state index contributed by atoms with van der Waals surface area (Å²) in [7, 11) is 0. The van der Waals surface area contributed by atoms with E-state index < -0.39 is 0 Å². The fourth-order valence-electron chi connectivity index (χ4n) is 2.54. The number of rotatable bonds is 4. The predicted octanol–water partition coefficient (Wildman–Crippen LogP) is 4.00. The third-order valence-electron chi connectivity index (χ3n) is 3.53. The number of benzene rings is 1. The van der Waals surface area contributed by atoms with E-state index in [1.54, 1.807) is 12.4 Å². The van der Waals surface area contributed by atoms with Crippen molar-refractivity contribution in [3.63, 3.8) is 0 Å². The summed E-state index contributed by atoms with van der Waals surface area (Å²) in [6.07, 6.45) is 4.47. The van der Waals surface area contributed by atoms with Crippen LogP contribution in [0.1, 0.15) is 24.9 Å². The maximum Gasteiger partial charge on any atom is 0.196 e. The molecule has 3 aromatic rings. The molecule has 0 aliphatic heterocycles. The second-order valence-corrected chi connectivity index (χ2v) is 5.18. The highest BCUT2D eigenvalue weighted by atomic mass is 32.1. The van der Waals surface area contributed by atoms with E-state index >= 15 is 0 Å². The second kappa shape index (κ2) is 6.01. The highest BCUT2D eigenvalue weighted by Gasteiger charge is 2.18. The first kappa shape index (κ1) is 13.7. The number of hydrogen-bond acceptors (Lipinski definition) is 3. The van der Waals surface area contributed by atoms with Crippen molar-refractivity contribution in [2.45, 2.75) is 19.4 Å². The highest BCUT2D eigenvalue weighted by molar-refractivity contribution is 7.71. The van der Waals surface area contributed by atoms with Gasteiger partial charge in [0.15, 0.2) is 10.6 Å². The lowest BCUT2D eigenvalue weighted by Crippen LogP contribution is -2.11. The summed E-state index contributed by atoms with van der Waals surface area (Å²) < 4.78 is 2.72. The molecular formula is C16H16N4S. The molecule has 0 saturated heterocycles. The maximum absolute atomic E-state index is 5.44. The van der Waals surface area contributed by atoms with Crippen molar-refractivity contribution >= 4 is 12.2 Å². The summed E-state index contributed by atoms with van der Waals surface area (Å²) in [5, 5.41) is 7.31. The van der Waals surface area contributed by atoms with Gasteiger partial charge < -0.3 is 0 Å². The topological polar surface area (TPSA) is 46.5 Å². The molecule has 3 rings (SSSR count). The molecule has 0 aliphatic rings. The molecule has 2 aromatic heterocycles. The normalized spacial score (nSPS) is 12.2. The van der Waals surface area contributed by atoms with Crippen LogP contribution < -0.4 is 0 Å². The van der Waals surface area contributed by atoms with Crippen LogP contribution in [0.15, 0.2) is 54.9 Å². The zero-order valence-electron chi connectivity index (χ0n) is 11.7. The Kier molecular flexibility index (Phi) is 3.92. The Morgan fingerprint density at radius 2 is 1.86 bits per heavy atom. The summed E-state index contributed by atoms with van der Waals surface area (Å²) in [6, 6.07) is 14.4. The number of hydrogen-bond donors (Lipinski definition) is 1. The summed E-state index contributed by atoms with van der Waals surface area (Å²) in [5.74, 6) is 0.845. The molecule has 0 saturated carbocycles. The van der Waals surface area contributed by atoms with Crippen LogP contribution >= 0.6 is 12.2 Å². The van der Waals surface area contributed by atoms with Gasteiger partial charge in [-0.15, -0.1) is 0 Å². The Morgan fingerprint density at radius 1 is 1.14 bits per heavy atom. The molecule has 0 aliphatic carbocycles. The third-order valence-corrected chi connectivity index (χ3v) is 3.81.